The van der Waals surface area contributed by atoms with E-state index in [9.17, 15) is 8.42 Å². The van der Waals surface area contributed by atoms with Crippen LogP contribution in [0.2, 0.25) is 0 Å². The average Bonchev–Trinajstić information content (AvgIpc) is 2.78. The highest BCUT2D eigenvalue weighted by Crippen LogP contribution is 2.30. The summed E-state index contributed by atoms with van der Waals surface area (Å²) in [5.41, 5.74) is 1.10. The molecule has 0 aliphatic carbocycles. The van der Waals surface area contributed by atoms with E-state index in [-0.39, 0.29) is 17.6 Å². The molecule has 0 aromatic heterocycles. The van der Waals surface area contributed by atoms with Gasteiger partial charge < -0.3 is 14.8 Å². The maximum atomic E-state index is 11.5. The summed E-state index contributed by atoms with van der Waals surface area (Å²) in [6.07, 6.45) is 1.35. The summed E-state index contributed by atoms with van der Waals surface area (Å²) < 4.78 is 34.2. The number of hydrogen-bond acceptors (Lipinski definition) is 5. The molecule has 0 amide bonds. The molecule has 0 spiro atoms. The van der Waals surface area contributed by atoms with Crippen molar-refractivity contribution in [1.29, 1.82) is 0 Å². The molecule has 1 saturated heterocycles. The Morgan fingerprint density at radius 1 is 1.33 bits per heavy atom. The van der Waals surface area contributed by atoms with E-state index < -0.39 is 9.84 Å². The zero-order valence-corrected chi connectivity index (χ0v) is 13.4. The van der Waals surface area contributed by atoms with E-state index in [4.69, 9.17) is 9.47 Å². The van der Waals surface area contributed by atoms with Crippen LogP contribution in [0.25, 0.3) is 0 Å². The fraction of sp³-hybridized carbons (Fsp3) is 0.600. The second kappa shape index (κ2) is 7.13. The van der Waals surface area contributed by atoms with Crippen molar-refractivity contribution in [1.82, 2.24) is 5.32 Å². The van der Waals surface area contributed by atoms with Crippen molar-refractivity contribution in [3.8, 4) is 11.5 Å². The number of nitrogens with one attached hydrogen (secondary N) is 1. The van der Waals surface area contributed by atoms with Crippen LogP contribution in [-0.4, -0.2) is 39.7 Å². The molecule has 1 aliphatic rings. The summed E-state index contributed by atoms with van der Waals surface area (Å²) in [4.78, 5) is 0. The van der Waals surface area contributed by atoms with Gasteiger partial charge in [-0.3, -0.25) is 0 Å². The molecule has 1 aromatic carbocycles. The van der Waals surface area contributed by atoms with E-state index in [0.717, 1.165) is 25.1 Å². The smallest absolute Gasteiger partial charge is 0.161 e. The maximum Gasteiger partial charge on any atom is 0.161 e. The highest BCUT2D eigenvalue weighted by Gasteiger charge is 2.30. The second-order valence-electron chi connectivity index (χ2n) is 5.30. The molecule has 2 rings (SSSR count). The van der Waals surface area contributed by atoms with Gasteiger partial charge in [-0.2, -0.15) is 0 Å². The first-order valence-electron chi connectivity index (χ1n) is 7.29. The highest BCUT2D eigenvalue weighted by molar-refractivity contribution is 7.91. The number of rotatable bonds is 7. The summed E-state index contributed by atoms with van der Waals surface area (Å²) in [5, 5.41) is 3.33. The van der Waals surface area contributed by atoms with Crippen LogP contribution >= 0.6 is 0 Å². The minimum atomic E-state index is -2.94. The average molecular weight is 313 g/mol. The Morgan fingerprint density at radius 2 is 2.14 bits per heavy atom. The van der Waals surface area contributed by atoms with Crippen molar-refractivity contribution in [2.45, 2.75) is 32.4 Å². The number of ether oxygens (including phenoxy) is 2. The predicted octanol–water partition coefficient (Wildman–Crippen LogP) is 1.76. The number of benzene rings is 1. The van der Waals surface area contributed by atoms with Crippen LogP contribution in [0.3, 0.4) is 0 Å². The van der Waals surface area contributed by atoms with Crippen LogP contribution in [0.15, 0.2) is 18.2 Å². The van der Waals surface area contributed by atoms with Gasteiger partial charge >= 0.3 is 0 Å². The Morgan fingerprint density at radius 3 is 2.76 bits per heavy atom. The molecule has 1 aromatic rings. The molecule has 1 fully saturated rings. The first-order chi connectivity index (χ1) is 10.0. The normalized spacial score (nSPS) is 20.4. The standard InChI is InChI=1S/C15H23NO4S/c1-3-7-16-10-12-4-5-14(19-2)15(9-12)20-13-6-8-21(17,18)11-13/h4-5,9,13,16H,3,6-8,10-11H2,1-2H3. The lowest BCUT2D eigenvalue weighted by atomic mass is 10.2. The molecule has 118 valence electrons. The zero-order valence-electron chi connectivity index (χ0n) is 12.6. The summed E-state index contributed by atoms with van der Waals surface area (Å²) in [6.45, 7) is 3.84. The van der Waals surface area contributed by atoms with Crippen molar-refractivity contribution in [2.75, 3.05) is 25.2 Å². The molecule has 1 aliphatic heterocycles. The Labute approximate surface area is 126 Å². The number of methoxy groups -OCH3 is 1. The van der Waals surface area contributed by atoms with Gasteiger partial charge in [-0.1, -0.05) is 13.0 Å². The van der Waals surface area contributed by atoms with E-state index in [1.807, 2.05) is 18.2 Å². The fourth-order valence-electron chi connectivity index (χ4n) is 2.37. The van der Waals surface area contributed by atoms with Gasteiger partial charge in [0.1, 0.15) is 6.10 Å². The first-order valence-corrected chi connectivity index (χ1v) is 9.11. The van der Waals surface area contributed by atoms with E-state index >= 15 is 0 Å². The van der Waals surface area contributed by atoms with Gasteiger partial charge in [0.15, 0.2) is 21.3 Å². The Bertz CT molecular complexity index is 571. The first kappa shape index (κ1) is 16.1. The van der Waals surface area contributed by atoms with Crippen molar-refractivity contribution in [3.05, 3.63) is 23.8 Å². The predicted molar refractivity (Wildman–Crippen MR) is 82.7 cm³/mol. The lowest BCUT2D eigenvalue weighted by Gasteiger charge is -2.16. The van der Waals surface area contributed by atoms with Crippen LogP contribution in [0.5, 0.6) is 11.5 Å². The summed E-state index contributed by atoms with van der Waals surface area (Å²) in [7, 11) is -1.36. The molecule has 6 heteroatoms. The van der Waals surface area contributed by atoms with Crippen LogP contribution in [0.1, 0.15) is 25.3 Å². The molecular weight excluding hydrogens is 290 g/mol. The molecule has 1 N–H and O–H groups in total. The van der Waals surface area contributed by atoms with Gasteiger partial charge in [-0.05, 0) is 37.1 Å². The second-order valence-corrected chi connectivity index (χ2v) is 7.53. The van der Waals surface area contributed by atoms with Crippen molar-refractivity contribution in [2.24, 2.45) is 0 Å². The molecule has 0 bridgehead atoms. The van der Waals surface area contributed by atoms with E-state index in [1.54, 1.807) is 7.11 Å². The molecule has 1 heterocycles. The third-order valence-electron chi connectivity index (χ3n) is 3.47. The molecular formula is C15H23NO4S. The molecule has 5 nitrogen and oxygen atoms in total. The van der Waals surface area contributed by atoms with E-state index in [1.165, 1.54) is 0 Å². The molecule has 0 radical (unpaired) electrons. The van der Waals surface area contributed by atoms with Crippen LogP contribution < -0.4 is 14.8 Å². The third-order valence-corrected chi connectivity index (χ3v) is 5.21. The lowest BCUT2D eigenvalue weighted by molar-refractivity contribution is 0.218. The third kappa shape index (κ3) is 4.61. The zero-order chi connectivity index (χ0) is 15.3. The van der Waals surface area contributed by atoms with Gasteiger partial charge in [0, 0.05) is 6.54 Å². The van der Waals surface area contributed by atoms with Crippen molar-refractivity contribution in [3.63, 3.8) is 0 Å². The Kier molecular flexibility index (Phi) is 5.47. The SMILES string of the molecule is CCCNCc1ccc(OC)c(OC2CCS(=O)(=O)C2)c1. The molecule has 1 unspecified atom stereocenters. The topological polar surface area (TPSA) is 64.6 Å². The monoisotopic (exact) mass is 313 g/mol. The number of hydrogen-bond donors (Lipinski definition) is 1. The quantitative estimate of drug-likeness (QED) is 0.777. The fourth-order valence-corrected chi connectivity index (χ4v) is 3.96. The summed E-state index contributed by atoms with van der Waals surface area (Å²) in [5.74, 6) is 1.56. The molecule has 0 saturated carbocycles. The van der Waals surface area contributed by atoms with Gasteiger partial charge in [-0.25, -0.2) is 8.42 Å². The Hall–Kier alpha value is -1.27. The van der Waals surface area contributed by atoms with Crippen molar-refractivity contribution >= 4 is 9.84 Å². The van der Waals surface area contributed by atoms with Gasteiger partial charge in [-0.15, -0.1) is 0 Å². The maximum absolute atomic E-state index is 11.5. The minimum Gasteiger partial charge on any atom is -0.493 e. The largest absolute Gasteiger partial charge is 0.493 e. The molecule has 1 atom stereocenters. The minimum absolute atomic E-state index is 0.0917. The lowest BCUT2D eigenvalue weighted by Crippen LogP contribution is -2.18. The van der Waals surface area contributed by atoms with Gasteiger partial charge in [0.2, 0.25) is 0 Å². The van der Waals surface area contributed by atoms with Gasteiger partial charge in [0.25, 0.3) is 0 Å². The highest BCUT2D eigenvalue weighted by atomic mass is 32.2. The number of sulfone groups is 1. The molecule has 21 heavy (non-hydrogen) atoms. The Balaban J connectivity index is 2.07. The van der Waals surface area contributed by atoms with Crippen LogP contribution in [0, 0.1) is 0 Å². The van der Waals surface area contributed by atoms with Gasteiger partial charge in [0.05, 0.1) is 18.6 Å². The summed E-state index contributed by atoms with van der Waals surface area (Å²) >= 11 is 0. The van der Waals surface area contributed by atoms with Crippen LogP contribution in [0.4, 0.5) is 0 Å². The summed E-state index contributed by atoms with van der Waals surface area (Å²) in [6, 6.07) is 5.77. The van der Waals surface area contributed by atoms with E-state index in [2.05, 4.69) is 12.2 Å². The van der Waals surface area contributed by atoms with Crippen molar-refractivity contribution < 1.29 is 17.9 Å². The van der Waals surface area contributed by atoms with E-state index in [0.29, 0.717) is 17.9 Å². The van der Waals surface area contributed by atoms with Crippen LogP contribution in [-0.2, 0) is 16.4 Å².